The second-order valence-electron chi connectivity index (χ2n) is 6.13. The minimum absolute atomic E-state index is 0.0658. The van der Waals surface area contributed by atoms with Crippen LogP contribution < -0.4 is 23.8 Å². The second-order valence-corrected chi connectivity index (χ2v) is 7.80. The summed E-state index contributed by atoms with van der Waals surface area (Å²) in [5.74, 6) is -0.297. The predicted octanol–water partition coefficient (Wildman–Crippen LogP) is 3.83. The molecule has 0 radical (unpaired) electrons. The van der Waals surface area contributed by atoms with E-state index in [0.717, 1.165) is 11.8 Å². The lowest BCUT2D eigenvalue weighted by Gasteiger charge is -2.18. The zero-order valence-electron chi connectivity index (χ0n) is 17.1. The Kier molecular flexibility index (Phi) is 6.71. The number of carbonyl (C=O) groups excluding carboxylic acids is 1. The highest BCUT2D eigenvalue weighted by molar-refractivity contribution is 8.27. The molecule has 0 aromatic heterocycles. The predicted molar refractivity (Wildman–Crippen MR) is 122 cm³/mol. The molecule has 1 heterocycles. The molecule has 1 N–H and O–H groups in total. The van der Waals surface area contributed by atoms with Crippen LogP contribution in [0.5, 0.6) is 23.0 Å². The summed E-state index contributed by atoms with van der Waals surface area (Å²) in [4.78, 5) is 26.7. The van der Waals surface area contributed by atoms with E-state index in [4.69, 9.17) is 31.2 Å². The van der Waals surface area contributed by atoms with Gasteiger partial charge in [0.05, 0.1) is 39.0 Å². The average Bonchev–Trinajstić information content (AvgIpc) is 3.05. The van der Waals surface area contributed by atoms with Gasteiger partial charge in [-0.25, -0.2) is 4.79 Å². The van der Waals surface area contributed by atoms with Crippen LogP contribution in [0.25, 0.3) is 6.08 Å². The maximum absolute atomic E-state index is 13.2. The molecule has 0 spiro atoms. The molecule has 0 atom stereocenters. The average molecular weight is 462 g/mol. The fraction of sp³-hybridized carbons (Fsp3) is 0.190. The van der Waals surface area contributed by atoms with Gasteiger partial charge in [-0.15, -0.1) is 0 Å². The molecule has 0 saturated carbocycles. The number of aromatic carboxylic acids is 1. The third-order valence-corrected chi connectivity index (χ3v) is 5.80. The Labute approximate surface area is 188 Å². The molecule has 31 heavy (non-hydrogen) atoms. The molecule has 1 amide bonds. The summed E-state index contributed by atoms with van der Waals surface area (Å²) in [5.41, 5.74) is 0.626. The van der Waals surface area contributed by atoms with E-state index in [-0.39, 0.29) is 31.9 Å². The number of amides is 1. The highest BCUT2D eigenvalue weighted by Crippen LogP contribution is 2.42. The van der Waals surface area contributed by atoms with Gasteiger partial charge in [0.1, 0.15) is 17.1 Å². The summed E-state index contributed by atoms with van der Waals surface area (Å²) >= 11 is 6.48. The van der Waals surface area contributed by atoms with Crippen molar-refractivity contribution in [1.29, 1.82) is 0 Å². The fourth-order valence-corrected chi connectivity index (χ4v) is 4.35. The molecule has 10 heteroatoms. The minimum Gasteiger partial charge on any atom is -0.497 e. The van der Waals surface area contributed by atoms with Gasteiger partial charge in [-0.1, -0.05) is 30.0 Å². The maximum Gasteiger partial charge on any atom is 0.340 e. The van der Waals surface area contributed by atoms with E-state index in [9.17, 15) is 14.7 Å². The zero-order chi connectivity index (χ0) is 22.7. The molecule has 3 rings (SSSR count). The number of methoxy groups -OCH3 is 4. The van der Waals surface area contributed by atoms with Gasteiger partial charge in [-0.2, -0.15) is 0 Å². The quantitative estimate of drug-likeness (QED) is 0.488. The van der Waals surface area contributed by atoms with E-state index < -0.39 is 11.9 Å². The molecule has 162 valence electrons. The van der Waals surface area contributed by atoms with E-state index in [0.29, 0.717) is 17.2 Å². The van der Waals surface area contributed by atoms with Crippen LogP contribution in [0.4, 0.5) is 5.69 Å². The lowest BCUT2D eigenvalue weighted by atomic mass is 10.0. The topological polar surface area (TPSA) is 94.5 Å². The van der Waals surface area contributed by atoms with Crippen LogP contribution in [0.15, 0.2) is 35.2 Å². The van der Waals surface area contributed by atoms with E-state index >= 15 is 0 Å². The molecule has 0 unspecified atom stereocenters. The van der Waals surface area contributed by atoms with Crippen molar-refractivity contribution in [2.45, 2.75) is 0 Å². The molecular weight excluding hydrogens is 442 g/mol. The fourth-order valence-electron chi connectivity index (χ4n) is 3.07. The first-order chi connectivity index (χ1) is 14.9. The van der Waals surface area contributed by atoms with Crippen molar-refractivity contribution in [3.05, 3.63) is 46.4 Å². The normalized spacial score (nSPS) is 14.7. The number of ether oxygens (including phenoxy) is 4. The number of thioether (sulfide) groups is 1. The lowest BCUT2D eigenvalue weighted by molar-refractivity contribution is -0.113. The minimum atomic E-state index is -1.21. The first-order valence-electron chi connectivity index (χ1n) is 8.84. The third-order valence-electron chi connectivity index (χ3n) is 4.50. The number of benzene rings is 2. The van der Waals surface area contributed by atoms with Crippen molar-refractivity contribution in [1.82, 2.24) is 0 Å². The van der Waals surface area contributed by atoms with Gasteiger partial charge in [-0.05, 0) is 29.8 Å². The smallest absolute Gasteiger partial charge is 0.340 e. The lowest BCUT2D eigenvalue weighted by Crippen LogP contribution is -2.28. The highest BCUT2D eigenvalue weighted by Gasteiger charge is 2.35. The van der Waals surface area contributed by atoms with Gasteiger partial charge < -0.3 is 24.1 Å². The summed E-state index contributed by atoms with van der Waals surface area (Å²) in [5, 5.41) is 9.72. The molecule has 0 bridgehead atoms. The zero-order valence-corrected chi connectivity index (χ0v) is 18.8. The van der Waals surface area contributed by atoms with Gasteiger partial charge in [0.2, 0.25) is 0 Å². The summed E-state index contributed by atoms with van der Waals surface area (Å²) < 4.78 is 21.3. The number of anilines is 1. The molecule has 1 aliphatic rings. The van der Waals surface area contributed by atoms with Crippen LogP contribution in [0, 0.1) is 0 Å². The highest BCUT2D eigenvalue weighted by atomic mass is 32.2. The summed E-state index contributed by atoms with van der Waals surface area (Å²) in [6.45, 7) is 0. The van der Waals surface area contributed by atoms with Crippen LogP contribution in [-0.4, -0.2) is 49.7 Å². The second kappa shape index (κ2) is 9.27. The van der Waals surface area contributed by atoms with Crippen LogP contribution >= 0.6 is 24.0 Å². The SMILES string of the molecule is COc1ccc(N2C(=O)/C(=C\c3ccc(OC)c(OC)c3C(=O)O)SC2=S)c(OC)c1. The van der Waals surface area contributed by atoms with Crippen molar-refractivity contribution >= 4 is 51.9 Å². The summed E-state index contributed by atoms with van der Waals surface area (Å²) in [7, 11) is 5.77. The standard InChI is InChI=1S/C21H19NO7S2/c1-26-12-6-7-13(15(10-12)28-3)22-19(23)16(31-21(22)30)9-11-5-8-14(27-2)18(29-4)17(11)20(24)25/h5-10H,1-4H3,(H,24,25)/b16-9+. The van der Waals surface area contributed by atoms with Crippen molar-refractivity contribution < 1.29 is 33.6 Å². The van der Waals surface area contributed by atoms with E-state index in [1.165, 1.54) is 39.4 Å². The van der Waals surface area contributed by atoms with Gasteiger partial charge in [0, 0.05) is 6.07 Å². The number of hydrogen-bond donors (Lipinski definition) is 1. The number of thiocarbonyl (C=S) groups is 1. The van der Waals surface area contributed by atoms with E-state index in [1.54, 1.807) is 30.3 Å². The Morgan fingerprint density at radius 1 is 1.03 bits per heavy atom. The molecule has 0 aliphatic carbocycles. The number of carbonyl (C=O) groups is 2. The van der Waals surface area contributed by atoms with Gasteiger partial charge in [0.25, 0.3) is 5.91 Å². The van der Waals surface area contributed by atoms with Crippen LogP contribution in [0.2, 0.25) is 0 Å². The number of carboxylic acids is 1. The van der Waals surface area contributed by atoms with Gasteiger partial charge >= 0.3 is 5.97 Å². The molecule has 1 fully saturated rings. The number of hydrogen-bond acceptors (Lipinski definition) is 8. The largest absolute Gasteiger partial charge is 0.497 e. The number of rotatable bonds is 7. The summed E-state index contributed by atoms with van der Waals surface area (Å²) in [6, 6.07) is 8.13. The Balaban J connectivity index is 2.07. The first kappa shape index (κ1) is 22.4. The Bertz CT molecular complexity index is 1100. The molecule has 1 saturated heterocycles. The van der Waals surface area contributed by atoms with Crippen LogP contribution in [0.3, 0.4) is 0 Å². The Hall–Kier alpha value is -3.24. The first-order valence-corrected chi connectivity index (χ1v) is 10.1. The number of nitrogens with zero attached hydrogens (tertiary/aromatic N) is 1. The van der Waals surface area contributed by atoms with Crippen LogP contribution in [0.1, 0.15) is 15.9 Å². The van der Waals surface area contributed by atoms with Crippen molar-refractivity contribution in [2.75, 3.05) is 33.3 Å². The van der Waals surface area contributed by atoms with Crippen molar-refractivity contribution in [3.63, 3.8) is 0 Å². The van der Waals surface area contributed by atoms with Crippen LogP contribution in [-0.2, 0) is 4.79 Å². The maximum atomic E-state index is 13.2. The van der Waals surface area contributed by atoms with E-state index in [2.05, 4.69) is 0 Å². The molecular formula is C21H19NO7S2. The molecule has 8 nitrogen and oxygen atoms in total. The summed E-state index contributed by atoms with van der Waals surface area (Å²) in [6.07, 6.45) is 1.47. The van der Waals surface area contributed by atoms with E-state index in [1.807, 2.05) is 0 Å². The molecule has 1 aliphatic heterocycles. The van der Waals surface area contributed by atoms with Crippen molar-refractivity contribution in [2.24, 2.45) is 0 Å². The Morgan fingerprint density at radius 2 is 1.74 bits per heavy atom. The molecule has 2 aromatic carbocycles. The van der Waals surface area contributed by atoms with Gasteiger partial charge in [-0.3, -0.25) is 9.69 Å². The number of carboxylic acid groups (broad SMARTS) is 1. The Morgan fingerprint density at radius 3 is 2.32 bits per heavy atom. The molecule has 2 aromatic rings. The van der Waals surface area contributed by atoms with Crippen molar-refractivity contribution in [3.8, 4) is 23.0 Å². The van der Waals surface area contributed by atoms with Gasteiger partial charge in [0.15, 0.2) is 15.8 Å². The third kappa shape index (κ3) is 4.17. The monoisotopic (exact) mass is 461 g/mol.